The van der Waals surface area contributed by atoms with Crippen molar-refractivity contribution in [3.63, 3.8) is 0 Å². The van der Waals surface area contributed by atoms with E-state index in [1.54, 1.807) is 36.4 Å². The molecule has 4 aliphatic heterocycles. The lowest BCUT2D eigenvalue weighted by Gasteiger charge is -2.47. The van der Waals surface area contributed by atoms with Gasteiger partial charge in [-0.05, 0) is 115 Å². The molecule has 0 unspecified atom stereocenters. The zero-order valence-electron chi connectivity index (χ0n) is 52.0. The molecule has 5 fully saturated rings. The fraction of sp³-hybridized carbons (Fsp3) is 0.576. The second-order valence-electron chi connectivity index (χ2n) is 26.0. The Labute approximate surface area is 510 Å². The van der Waals surface area contributed by atoms with Crippen molar-refractivity contribution >= 4 is 59.1 Å². The van der Waals surface area contributed by atoms with Crippen LogP contribution in [0.4, 0.5) is 33.9 Å². The molecular weight excluding hydrogens is 1130 g/mol. The average Bonchev–Trinajstić information content (AvgIpc) is 1.14. The summed E-state index contributed by atoms with van der Waals surface area (Å²) in [6, 6.07) is 10.8. The Bertz CT molecular complexity index is 3380. The van der Waals surface area contributed by atoms with Crippen LogP contribution in [0.3, 0.4) is 0 Å². The van der Waals surface area contributed by atoms with Crippen molar-refractivity contribution in [3.05, 3.63) is 71.4 Å². The predicted molar refractivity (Wildman–Crippen MR) is 333 cm³/mol. The molecule has 87 heavy (non-hydrogen) atoms. The maximum Gasteiger partial charge on any atom is 0.328 e. The molecule has 4 saturated heterocycles. The highest BCUT2D eigenvalue weighted by Gasteiger charge is 2.43. The van der Waals surface area contributed by atoms with Gasteiger partial charge in [-0.3, -0.25) is 24.8 Å². The number of hydrogen-bond donors (Lipinski definition) is 1. The molecule has 1 saturated carbocycles. The molecule has 5 aliphatic rings. The number of amides is 4. The lowest BCUT2D eigenvalue weighted by Crippen LogP contribution is -2.50. The highest BCUT2D eigenvalue weighted by Crippen LogP contribution is 2.48. The van der Waals surface area contributed by atoms with Crippen molar-refractivity contribution in [3.8, 4) is 40.2 Å². The van der Waals surface area contributed by atoms with E-state index in [0.29, 0.717) is 52.5 Å². The monoisotopic (exact) mass is 1220 g/mol. The third kappa shape index (κ3) is 13.7. The van der Waals surface area contributed by atoms with Crippen LogP contribution in [0.1, 0.15) is 122 Å². The minimum atomic E-state index is -3.00. The lowest BCUT2D eigenvalue weighted by atomic mass is 9.65. The summed E-state index contributed by atoms with van der Waals surface area (Å²) in [4.78, 5) is 62.2. The number of fused-ring (bicyclic) bond motifs is 2. The molecule has 1 aliphatic carbocycles. The van der Waals surface area contributed by atoms with Crippen LogP contribution >= 0.6 is 0 Å². The van der Waals surface area contributed by atoms with E-state index in [4.69, 9.17) is 23.9 Å². The van der Waals surface area contributed by atoms with Crippen LogP contribution in [0, 0.1) is 40.3 Å². The zero-order valence-corrected chi connectivity index (χ0v) is 53.0. The van der Waals surface area contributed by atoms with Gasteiger partial charge in [0.05, 0.1) is 36.9 Å². The number of likely N-dealkylation sites (tertiary alicyclic amines) is 1. The van der Waals surface area contributed by atoms with Gasteiger partial charge in [0.1, 0.15) is 42.4 Å². The molecule has 1 spiro atoms. The number of piperidine rings is 2. The van der Waals surface area contributed by atoms with Gasteiger partial charge in [0.25, 0.3) is 11.8 Å². The number of benzene rings is 3. The van der Waals surface area contributed by atoms with Gasteiger partial charge in [-0.2, -0.15) is 9.97 Å². The summed E-state index contributed by atoms with van der Waals surface area (Å²) < 4.78 is 87.5. The molecule has 4 amide bonds. The summed E-state index contributed by atoms with van der Waals surface area (Å²) in [5.41, 5.74) is 5.70. The number of nitrogens with zero attached hydrogens (tertiary/aromatic N) is 8. The van der Waals surface area contributed by atoms with Crippen molar-refractivity contribution in [2.75, 3.05) is 109 Å². The van der Waals surface area contributed by atoms with E-state index < -0.39 is 38.2 Å². The number of hydrogen-bond acceptors (Lipinski definition) is 13. The maximum absolute atomic E-state index is 17.8. The zero-order chi connectivity index (χ0) is 62.0. The smallest absolute Gasteiger partial charge is 0.328 e. The summed E-state index contributed by atoms with van der Waals surface area (Å²) in [5, 5.41) is 3.41. The number of alkyl halides is 2. The molecule has 468 valence electrons. The van der Waals surface area contributed by atoms with Crippen LogP contribution < -0.4 is 29.3 Å². The normalized spacial score (nSPS) is 19.3. The SMILES string of the molecule is COCOc1cc(-c2ncc3c(N4CCCC(F)(F)C4)nc(OC[C@H](C)CN4CCN(CC5CCC6(CC5)CCN(C(=O)c5ccc(OC)c(N7CCC(=O)NC7=O)c5)CC6)CC4)nc3c2F)c2c(C#C[Si](C(C)C)(C(C)C)C(C)C)c(F)ccc2c1. The first-order chi connectivity index (χ1) is 41.6. The number of carbonyl (C=O) groups is 3. The number of urea groups is 1. The van der Waals surface area contributed by atoms with Crippen molar-refractivity contribution in [2.45, 2.75) is 129 Å². The molecule has 1 N–H and O–H groups in total. The number of pyridine rings is 1. The van der Waals surface area contributed by atoms with Crippen molar-refractivity contribution < 1.29 is 50.9 Å². The minimum absolute atomic E-state index is 0.0109. The van der Waals surface area contributed by atoms with Gasteiger partial charge in [-0.25, -0.2) is 22.4 Å². The molecular formula is C66H85F4N9O7Si. The van der Waals surface area contributed by atoms with Crippen LogP contribution in [0.5, 0.6) is 17.5 Å². The van der Waals surface area contributed by atoms with Gasteiger partial charge < -0.3 is 38.5 Å². The number of imide groups is 1. The van der Waals surface area contributed by atoms with Gasteiger partial charge >= 0.3 is 12.0 Å². The van der Waals surface area contributed by atoms with Crippen LogP contribution in [-0.2, 0) is 9.53 Å². The predicted octanol–water partition coefficient (Wildman–Crippen LogP) is 12.1. The second kappa shape index (κ2) is 26.6. The molecule has 21 heteroatoms. The van der Waals surface area contributed by atoms with E-state index in [1.165, 1.54) is 36.3 Å². The van der Waals surface area contributed by atoms with Crippen LogP contribution in [0.15, 0.2) is 48.7 Å². The van der Waals surface area contributed by atoms with Crippen molar-refractivity contribution in [1.29, 1.82) is 0 Å². The number of ether oxygens (including phenoxy) is 4. The van der Waals surface area contributed by atoms with E-state index in [9.17, 15) is 14.4 Å². The third-order valence-corrected chi connectivity index (χ3v) is 25.6. The third-order valence-electron chi connectivity index (χ3n) is 19.3. The molecule has 0 bridgehead atoms. The summed E-state index contributed by atoms with van der Waals surface area (Å²) >= 11 is 0. The maximum atomic E-state index is 17.8. The first-order valence-corrected chi connectivity index (χ1v) is 33.4. The van der Waals surface area contributed by atoms with Gasteiger partial charge in [0.15, 0.2) is 12.6 Å². The van der Waals surface area contributed by atoms with Crippen molar-refractivity contribution in [1.82, 2.24) is 35.0 Å². The van der Waals surface area contributed by atoms with Crippen LogP contribution in [-0.4, -0.2) is 161 Å². The molecule has 3 aromatic carbocycles. The Kier molecular flexibility index (Phi) is 19.4. The average molecular weight is 1220 g/mol. The fourth-order valence-electron chi connectivity index (χ4n) is 14.6. The Morgan fingerprint density at radius 1 is 0.828 bits per heavy atom. The quantitative estimate of drug-likeness (QED) is 0.0383. The van der Waals surface area contributed by atoms with E-state index in [1.807, 2.05) is 4.90 Å². The summed E-state index contributed by atoms with van der Waals surface area (Å²) in [7, 11) is 0.640. The van der Waals surface area contributed by atoms with Gasteiger partial charge in [0.2, 0.25) is 5.91 Å². The molecule has 5 aromatic rings. The number of halogens is 4. The lowest BCUT2D eigenvalue weighted by molar-refractivity contribution is -0.120. The number of piperazine rings is 1. The molecule has 0 radical (unpaired) electrons. The summed E-state index contributed by atoms with van der Waals surface area (Å²) in [6.07, 6.45) is 8.04. The highest BCUT2D eigenvalue weighted by atomic mass is 28.3. The molecule has 2 aromatic heterocycles. The first kappa shape index (κ1) is 63.4. The summed E-state index contributed by atoms with van der Waals surface area (Å²) in [6.45, 7) is 22.0. The standard InChI is InChI=1S/C66H85F4N9O7Si/c1-42(2)87(43(3)4,44(5)6)32-18-50-53(67)13-11-47-33-49(86-41-83-8)35-51(57(47)50)59-58(68)60-52(36-71-59)61(78-24-10-19-66(69,70)40-78)74-63(73-60)85-39-45(7)37-75-28-30-76(31-29-75)38-46-15-20-65(21-16-46)22-26-77(27-23-65)62(81)48-12-14-55(84-9)54(34-48)79-25-17-56(80)72-64(79)82/h11-14,33-36,42-46H,10,15-17,19-31,37-41H2,1-9H3,(H,72,80,82)/t45-/m1/s1. The Hall–Kier alpha value is -6.60. The van der Waals surface area contributed by atoms with Crippen LogP contribution in [0.25, 0.3) is 32.9 Å². The first-order valence-electron chi connectivity index (χ1n) is 31.2. The Morgan fingerprint density at radius 2 is 1.54 bits per heavy atom. The number of carbonyl (C=O) groups excluding carboxylic acids is 3. The van der Waals surface area contributed by atoms with Gasteiger partial charge in [-0.1, -0.05) is 60.5 Å². The Morgan fingerprint density at radius 3 is 2.21 bits per heavy atom. The van der Waals surface area contributed by atoms with E-state index >= 15 is 17.6 Å². The van der Waals surface area contributed by atoms with E-state index in [-0.39, 0.29) is 125 Å². The van der Waals surface area contributed by atoms with Gasteiger partial charge in [-0.15, -0.1) is 5.54 Å². The molecule has 1 atom stereocenters. The molecule has 10 rings (SSSR count). The Balaban J connectivity index is 0.790. The van der Waals surface area contributed by atoms with Gasteiger partial charge in [0, 0.05) is 114 Å². The van der Waals surface area contributed by atoms with E-state index in [2.05, 4.69) is 85.0 Å². The molecule has 6 heterocycles. The number of nitrogens with one attached hydrogen (secondary N) is 1. The second-order valence-corrected chi connectivity index (χ2v) is 31.6. The van der Waals surface area contributed by atoms with Crippen molar-refractivity contribution in [2.24, 2.45) is 17.3 Å². The van der Waals surface area contributed by atoms with Crippen LogP contribution in [0.2, 0.25) is 16.6 Å². The highest BCUT2D eigenvalue weighted by molar-refractivity contribution is 6.90. The summed E-state index contributed by atoms with van der Waals surface area (Å²) in [5.74, 6) is 0.0298. The number of anilines is 2. The number of aromatic nitrogens is 3. The largest absolute Gasteiger partial charge is 0.495 e. The fourth-order valence-corrected chi connectivity index (χ4v) is 19.8. The minimum Gasteiger partial charge on any atom is -0.495 e. The van der Waals surface area contributed by atoms with E-state index in [0.717, 1.165) is 77.8 Å². The molecule has 16 nitrogen and oxygen atoms in total. The number of rotatable bonds is 18. The number of methoxy groups -OCH3 is 2. The topological polar surface area (TPSA) is 155 Å².